The van der Waals surface area contributed by atoms with Crippen LogP contribution in [0.4, 0.5) is 0 Å². The van der Waals surface area contributed by atoms with Crippen LogP contribution in [0.1, 0.15) is 46.0 Å². The summed E-state index contributed by atoms with van der Waals surface area (Å²) in [6.45, 7) is 3.94. The molecule has 2 N–H and O–H groups in total. The zero-order chi connectivity index (χ0) is 12.8. The van der Waals surface area contributed by atoms with Gasteiger partial charge in [-0.05, 0) is 31.6 Å². The molecule has 0 saturated carbocycles. The van der Waals surface area contributed by atoms with Crippen LogP contribution in [-0.2, 0) is 14.9 Å². The zero-order valence-corrected chi connectivity index (χ0v) is 10.5. The van der Waals surface area contributed by atoms with Gasteiger partial charge in [-0.2, -0.15) is 8.42 Å². The summed E-state index contributed by atoms with van der Waals surface area (Å²) in [6.07, 6.45) is 1.51. The largest absolute Gasteiger partial charge is 0.481 e. The predicted molar refractivity (Wildman–Crippen MR) is 60.9 cm³/mol. The molecule has 0 rings (SSSR count). The van der Waals surface area contributed by atoms with E-state index < -0.39 is 21.3 Å². The van der Waals surface area contributed by atoms with Crippen LogP contribution in [0.15, 0.2) is 0 Å². The topological polar surface area (TPSA) is 91.7 Å². The van der Waals surface area contributed by atoms with E-state index in [4.69, 9.17) is 9.66 Å². The van der Waals surface area contributed by atoms with Crippen molar-refractivity contribution in [2.24, 2.45) is 5.92 Å². The summed E-state index contributed by atoms with van der Waals surface area (Å²) in [5.41, 5.74) is 0. The predicted octanol–water partition coefficient (Wildman–Crippen LogP) is 1.93. The molecule has 0 heterocycles. The molecule has 0 aromatic rings. The fraction of sp³-hybridized carbons (Fsp3) is 0.900. The van der Waals surface area contributed by atoms with E-state index in [9.17, 15) is 13.2 Å². The number of aliphatic carboxylic acids is 1. The minimum absolute atomic E-state index is 0.0618. The Kier molecular flexibility index (Phi) is 6.59. The Labute approximate surface area is 96.6 Å². The van der Waals surface area contributed by atoms with Crippen molar-refractivity contribution in [3.8, 4) is 0 Å². The van der Waals surface area contributed by atoms with Gasteiger partial charge in [-0.3, -0.25) is 9.35 Å². The van der Waals surface area contributed by atoms with Crippen LogP contribution in [-0.4, -0.2) is 29.3 Å². The van der Waals surface area contributed by atoms with E-state index in [2.05, 4.69) is 0 Å². The van der Waals surface area contributed by atoms with E-state index in [0.717, 1.165) is 0 Å². The second kappa shape index (κ2) is 6.85. The summed E-state index contributed by atoms with van der Waals surface area (Å²) in [7, 11) is -4.05. The van der Waals surface area contributed by atoms with Crippen molar-refractivity contribution in [3.05, 3.63) is 0 Å². The minimum Gasteiger partial charge on any atom is -0.481 e. The van der Waals surface area contributed by atoms with Gasteiger partial charge < -0.3 is 5.11 Å². The standard InChI is InChI=1S/C10H20O5S/c1-8(2)6-7-9(16(13,14)15)4-3-5-10(11)12/h8-9H,3-7H2,1-2H3,(H,11,12)(H,13,14,15). The fourth-order valence-corrected chi connectivity index (χ4v) is 2.34. The first-order chi connectivity index (χ1) is 7.23. The first-order valence-electron chi connectivity index (χ1n) is 5.41. The number of carboxylic acids is 1. The SMILES string of the molecule is CC(C)CCC(CCCC(=O)O)S(=O)(=O)O. The lowest BCUT2D eigenvalue weighted by molar-refractivity contribution is -0.137. The van der Waals surface area contributed by atoms with Gasteiger partial charge in [0.25, 0.3) is 10.1 Å². The maximum Gasteiger partial charge on any atom is 0.303 e. The highest BCUT2D eigenvalue weighted by molar-refractivity contribution is 7.86. The van der Waals surface area contributed by atoms with E-state index in [1.807, 2.05) is 13.8 Å². The molecule has 6 heteroatoms. The molecule has 96 valence electrons. The summed E-state index contributed by atoms with van der Waals surface area (Å²) in [4.78, 5) is 10.3. The molecule has 0 radical (unpaired) electrons. The third kappa shape index (κ3) is 7.64. The molecule has 0 fully saturated rings. The molecular formula is C10H20O5S. The van der Waals surface area contributed by atoms with Gasteiger partial charge in [-0.1, -0.05) is 13.8 Å². The molecule has 0 bridgehead atoms. The molecule has 0 aromatic carbocycles. The molecule has 5 nitrogen and oxygen atoms in total. The second-order valence-corrected chi connectivity index (χ2v) is 6.09. The van der Waals surface area contributed by atoms with Crippen LogP contribution < -0.4 is 0 Å². The highest BCUT2D eigenvalue weighted by Crippen LogP contribution is 2.17. The third-order valence-electron chi connectivity index (χ3n) is 2.40. The van der Waals surface area contributed by atoms with E-state index in [1.165, 1.54) is 0 Å². The van der Waals surface area contributed by atoms with Crippen LogP contribution in [0.5, 0.6) is 0 Å². The van der Waals surface area contributed by atoms with Crippen molar-refractivity contribution in [2.75, 3.05) is 0 Å². The van der Waals surface area contributed by atoms with Gasteiger partial charge in [-0.15, -0.1) is 0 Å². The molecule has 1 unspecified atom stereocenters. The van der Waals surface area contributed by atoms with Gasteiger partial charge in [0.15, 0.2) is 0 Å². The molecule has 0 aliphatic rings. The fourth-order valence-electron chi connectivity index (χ4n) is 1.44. The number of rotatable bonds is 8. The quantitative estimate of drug-likeness (QED) is 0.644. The Bertz CT molecular complexity index is 307. The lowest BCUT2D eigenvalue weighted by atomic mass is 10.0. The van der Waals surface area contributed by atoms with Crippen molar-refractivity contribution in [1.29, 1.82) is 0 Å². The van der Waals surface area contributed by atoms with Gasteiger partial charge >= 0.3 is 5.97 Å². The van der Waals surface area contributed by atoms with E-state index in [-0.39, 0.29) is 19.3 Å². The summed E-state index contributed by atoms with van der Waals surface area (Å²) < 4.78 is 31.0. The highest BCUT2D eigenvalue weighted by atomic mass is 32.2. The van der Waals surface area contributed by atoms with Gasteiger partial charge in [0.1, 0.15) is 0 Å². The summed E-state index contributed by atoms with van der Waals surface area (Å²) in [5.74, 6) is -0.582. The maximum atomic E-state index is 11.0. The van der Waals surface area contributed by atoms with Crippen LogP contribution in [0.25, 0.3) is 0 Å². The van der Waals surface area contributed by atoms with Gasteiger partial charge in [0.05, 0.1) is 5.25 Å². The third-order valence-corrected chi connectivity index (χ3v) is 3.72. The Morgan fingerprint density at radius 3 is 2.12 bits per heavy atom. The van der Waals surface area contributed by atoms with Crippen LogP contribution in [0.3, 0.4) is 0 Å². The van der Waals surface area contributed by atoms with Crippen molar-refractivity contribution in [2.45, 2.75) is 51.2 Å². The van der Waals surface area contributed by atoms with E-state index in [0.29, 0.717) is 18.8 Å². The molecule has 1 atom stereocenters. The molecule has 0 aliphatic carbocycles. The number of carbonyl (C=O) groups is 1. The molecule has 0 saturated heterocycles. The summed E-state index contributed by atoms with van der Waals surface area (Å²) in [6, 6.07) is 0. The average molecular weight is 252 g/mol. The van der Waals surface area contributed by atoms with Crippen LogP contribution in [0, 0.1) is 5.92 Å². The Morgan fingerprint density at radius 1 is 1.19 bits per heavy atom. The summed E-state index contributed by atoms with van der Waals surface area (Å²) in [5, 5.41) is 7.61. The first kappa shape index (κ1) is 15.4. The lowest BCUT2D eigenvalue weighted by Gasteiger charge is -2.14. The van der Waals surface area contributed by atoms with Crippen molar-refractivity contribution in [3.63, 3.8) is 0 Å². The molecule has 16 heavy (non-hydrogen) atoms. The monoisotopic (exact) mass is 252 g/mol. The highest BCUT2D eigenvalue weighted by Gasteiger charge is 2.22. The minimum atomic E-state index is -4.05. The molecule has 0 aromatic heterocycles. The van der Waals surface area contributed by atoms with E-state index >= 15 is 0 Å². The second-order valence-electron chi connectivity index (χ2n) is 4.39. The van der Waals surface area contributed by atoms with Crippen molar-refractivity contribution < 1.29 is 22.9 Å². The van der Waals surface area contributed by atoms with E-state index in [1.54, 1.807) is 0 Å². The van der Waals surface area contributed by atoms with Crippen LogP contribution in [0.2, 0.25) is 0 Å². The average Bonchev–Trinajstić information content (AvgIpc) is 2.07. The number of hydrogen-bond acceptors (Lipinski definition) is 3. The molecule has 0 aliphatic heterocycles. The van der Waals surface area contributed by atoms with Gasteiger partial charge in [0, 0.05) is 6.42 Å². The first-order valence-corrected chi connectivity index (χ1v) is 6.92. The van der Waals surface area contributed by atoms with Crippen molar-refractivity contribution >= 4 is 16.1 Å². The Balaban J connectivity index is 4.18. The Hall–Kier alpha value is -0.620. The molecule has 0 spiro atoms. The maximum absolute atomic E-state index is 11.0. The van der Waals surface area contributed by atoms with Crippen molar-refractivity contribution in [1.82, 2.24) is 0 Å². The summed E-state index contributed by atoms with van der Waals surface area (Å²) >= 11 is 0. The number of carboxylic acid groups (broad SMARTS) is 1. The number of hydrogen-bond donors (Lipinski definition) is 2. The lowest BCUT2D eigenvalue weighted by Crippen LogP contribution is -2.21. The molecular weight excluding hydrogens is 232 g/mol. The van der Waals surface area contributed by atoms with Gasteiger partial charge in [0.2, 0.25) is 0 Å². The normalized spacial score (nSPS) is 14.0. The molecule has 0 amide bonds. The smallest absolute Gasteiger partial charge is 0.303 e. The Morgan fingerprint density at radius 2 is 1.75 bits per heavy atom. The zero-order valence-electron chi connectivity index (χ0n) is 9.72. The van der Waals surface area contributed by atoms with Crippen LogP contribution >= 0.6 is 0 Å². The van der Waals surface area contributed by atoms with Gasteiger partial charge in [-0.25, -0.2) is 0 Å².